The Bertz CT molecular complexity index is 683. The minimum atomic E-state index is -0.0572. The molecule has 3 rings (SSSR count). The molecule has 1 unspecified atom stereocenters. The van der Waals surface area contributed by atoms with Gasteiger partial charge in [-0.1, -0.05) is 25.1 Å². The van der Waals surface area contributed by atoms with E-state index in [0.717, 1.165) is 41.3 Å². The molecule has 1 heterocycles. The van der Waals surface area contributed by atoms with Crippen LogP contribution in [0.15, 0.2) is 29.1 Å². The molecule has 1 aromatic heterocycles. The third kappa shape index (κ3) is 1.98. The second-order valence-corrected chi connectivity index (χ2v) is 5.53. The van der Waals surface area contributed by atoms with Crippen molar-refractivity contribution in [2.24, 2.45) is 5.73 Å². The number of fused-ring (bicyclic) bond motifs is 1. The molecule has 100 valence electrons. The second kappa shape index (κ2) is 4.49. The van der Waals surface area contributed by atoms with Gasteiger partial charge in [0.05, 0.1) is 5.39 Å². The fourth-order valence-electron chi connectivity index (χ4n) is 2.77. The number of aromatic nitrogens is 1. The van der Waals surface area contributed by atoms with E-state index in [0.29, 0.717) is 6.04 Å². The van der Waals surface area contributed by atoms with E-state index in [4.69, 9.17) is 5.73 Å². The van der Waals surface area contributed by atoms with Crippen LogP contribution in [0.2, 0.25) is 0 Å². The van der Waals surface area contributed by atoms with Gasteiger partial charge in [0, 0.05) is 17.8 Å². The molecule has 19 heavy (non-hydrogen) atoms. The molecule has 1 aliphatic rings. The summed E-state index contributed by atoms with van der Waals surface area (Å²) in [5.41, 5.74) is 8.38. The maximum atomic E-state index is 12.8. The third-order valence-electron chi connectivity index (χ3n) is 4.05. The van der Waals surface area contributed by atoms with Gasteiger partial charge in [0.1, 0.15) is 0 Å². The Labute approximate surface area is 113 Å². The number of hydrogen-bond donors (Lipinski definition) is 1. The number of benzene rings is 1. The quantitative estimate of drug-likeness (QED) is 0.917. The maximum Gasteiger partial charge on any atom is 0.259 e. The smallest absolute Gasteiger partial charge is 0.259 e. The number of hydrogen-bond acceptors (Lipinski definition) is 2. The lowest BCUT2D eigenvalue weighted by atomic mass is 10.0. The van der Waals surface area contributed by atoms with Crippen molar-refractivity contribution < 1.29 is 0 Å². The summed E-state index contributed by atoms with van der Waals surface area (Å²) in [5.74, 6) is 0. The largest absolute Gasteiger partial charge is 0.323 e. The molecule has 1 saturated carbocycles. The molecule has 3 heteroatoms. The van der Waals surface area contributed by atoms with Crippen molar-refractivity contribution in [1.29, 1.82) is 0 Å². The van der Waals surface area contributed by atoms with Crippen LogP contribution >= 0.6 is 0 Å². The lowest BCUT2D eigenvalue weighted by Crippen LogP contribution is -2.27. The van der Waals surface area contributed by atoms with Crippen molar-refractivity contribution in [1.82, 2.24) is 4.57 Å². The first kappa shape index (κ1) is 12.4. The average Bonchev–Trinajstić information content (AvgIpc) is 3.21. The summed E-state index contributed by atoms with van der Waals surface area (Å²) in [4.78, 5) is 12.8. The highest BCUT2D eigenvalue weighted by atomic mass is 16.1. The number of aryl methyl sites for hydroxylation is 1. The lowest BCUT2D eigenvalue weighted by molar-refractivity contribution is 0.582. The van der Waals surface area contributed by atoms with Crippen LogP contribution in [0.3, 0.4) is 0 Å². The van der Waals surface area contributed by atoms with Crippen LogP contribution in [0.5, 0.6) is 0 Å². The number of pyridine rings is 1. The minimum Gasteiger partial charge on any atom is -0.323 e. The lowest BCUT2D eigenvalue weighted by Gasteiger charge is -2.19. The molecule has 0 radical (unpaired) electrons. The van der Waals surface area contributed by atoms with Crippen LogP contribution in [0.1, 0.15) is 49.5 Å². The second-order valence-electron chi connectivity index (χ2n) is 5.53. The number of nitrogens with zero attached hydrogens (tertiary/aromatic N) is 1. The molecule has 0 aliphatic heterocycles. The van der Waals surface area contributed by atoms with Crippen molar-refractivity contribution in [3.05, 3.63) is 45.9 Å². The predicted octanol–water partition coefficient (Wildman–Crippen LogP) is 3.05. The van der Waals surface area contributed by atoms with Gasteiger partial charge in [0.2, 0.25) is 0 Å². The van der Waals surface area contributed by atoms with Crippen LogP contribution in [-0.4, -0.2) is 4.57 Å². The molecule has 1 aliphatic carbocycles. The Hall–Kier alpha value is -1.61. The van der Waals surface area contributed by atoms with Crippen LogP contribution < -0.4 is 11.3 Å². The third-order valence-corrected chi connectivity index (χ3v) is 4.05. The van der Waals surface area contributed by atoms with E-state index in [1.165, 1.54) is 0 Å². The summed E-state index contributed by atoms with van der Waals surface area (Å²) in [5, 5.41) is 1.86. The summed E-state index contributed by atoms with van der Waals surface area (Å²) in [6, 6.07) is 8.42. The molecule has 2 aromatic rings. The van der Waals surface area contributed by atoms with Crippen molar-refractivity contribution >= 4 is 10.8 Å². The molecule has 0 spiro atoms. The molecule has 3 nitrogen and oxygen atoms in total. The van der Waals surface area contributed by atoms with Crippen molar-refractivity contribution in [2.75, 3.05) is 0 Å². The Morgan fingerprint density at radius 2 is 2.16 bits per heavy atom. The van der Waals surface area contributed by atoms with Crippen molar-refractivity contribution in [2.45, 2.75) is 45.2 Å². The van der Waals surface area contributed by atoms with Crippen LogP contribution in [0.4, 0.5) is 0 Å². The summed E-state index contributed by atoms with van der Waals surface area (Å²) in [7, 11) is 0. The van der Waals surface area contributed by atoms with Gasteiger partial charge in [-0.3, -0.25) is 4.79 Å². The van der Waals surface area contributed by atoms with Crippen LogP contribution in [0.25, 0.3) is 10.8 Å². The van der Waals surface area contributed by atoms with E-state index in [2.05, 4.69) is 13.0 Å². The number of rotatable bonds is 3. The van der Waals surface area contributed by atoms with Gasteiger partial charge in [-0.15, -0.1) is 0 Å². The van der Waals surface area contributed by atoms with E-state index in [-0.39, 0.29) is 11.6 Å². The minimum absolute atomic E-state index is 0.0572. The molecule has 2 N–H and O–H groups in total. The molecule has 0 bridgehead atoms. The summed E-state index contributed by atoms with van der Waals surface area (Å²) < 4.78 is 1.95. The van der Waals surface area contributed by atoms with E-state index in [1.54, 1.807) is 0 Å². The summed E-state index contributed by atoms with van der Waals surface area (Å²) in [6.07, 6.45) is 3.05. The standard InChI is InChI=1S/C16H20N2O/c1-3-13(17)14-9-11-6-4-5-10(2)15(11)16(19)18(14)12-7-8-12/h4-6,9,12-13H,3,7-8,17H2,1-2H3. The van der Waals surface area contributed by atoms with E-state index < -0.39 is 0 Å². The molecule has 0 amide bonds. The zero-order chi connectivity index (χ0) is 13.6. The van der Waals surface area contributed by atoms with E-state index >= 15 is 0 Å². The van der Waals surface area contributed by atoms with Crippen LogP contribution in [-0.2, 0) is 0 Å². The highest BCUT2D eigenvalue weighted by Gasteiger charge is 2.29. The molecule has 1 fully saturated rings. The topological polar surface area (TPSA) is 48.0 Å². The number of nitrogens with two attached hydrogens (primary N) is 1. The Morgan fingerprint density at radius 3 is 2.79 bits per heavy atom. The molecular weight excluding hydrogens is 236 g/mol. The Balaban J connectivity index is 2.37. The van der Waals surface area contributed by atoms with Gasteiger partial charge in [-0.05, 0) is 43.2 Å². The van der Waals surface area contributed by atoms with Gasteiger partial charge in [0.15, 0.2) is 0 Å². The SMILES string of the molecule is CCC(N)c1cc2cccc(C)c2c(=O)n1C1CC1. The highest BCUT2D eigenvalue weighted by Crippen LogP contribution is 2.36. The average molecular weight is 256 g/mol. The fraction of sp³-hybridized carbons (Fsp3) is 0.438. The first-order valence-corrected chi connectivity index (χ1v) is 7.03. The summed E-state index contributed by atoms with van der Waals surface area (Å²) >= 11 is 0. The Kier molecular flexibility index (Phi) is 2.94. The predicted molar refractivity (Wildman–Crippen MR) is 78.4 cm³/mol. The monoisotopic (exact) mass is 256 g/mol. The van der Waals surface area contributed by atoms with E-state index in [1.807, 2.05) is 29.7 Å². The molecule has 0 saturated heterocycles. The van der Waals surface area contributed by atoms with Gasteiger partial charge in [0.25, 0.3) is 5.56 Å². The zero-order valence-corrected chi connectivity index (χ0v) is 11.5. The molecule has 1 aromatic carbocycles. The fourth-order valence-corrected chi connectivity index (χ4v) is 2.77. The Morgan fingerprint density at radius 1 is 1.42 bits per heavy atom. The zero-order valence-electron chi connectivity index (χ0n) is 11.5. The molecular formula is C16H20N2O. The first-order chi connectivity index (χ1) is 9.13. The first-order valence-electron chi connectivity index (χ1n) is 7.03. The summed E-state index contributed by atoms with van der Waals surface area (Å²) in [6.45, 7) is 4.06. The highest BCUT2D eigenvalue weighted by molar-refractivity contribution is 5.85. The van der Waals surface area contributed by atoms with Gasteiger partial charge in [-0.2, -0.15) is 0 Å². The van der Waals surface area contributed by atoms with Crippen molar-refractivity contribution in [3.63, 3.8) is 0 Å². The van der Waals surface area contributed by atoms with Crippen LogP contribution in [0, 0.1) is 6.92 Å². The normalized spacial score (nSPS) is 16.8. The maximum absolute atomic E-state index is 12.8. The van der Waals surface area contributed by atoms with Gasteiger partial charge in [-0.25, -0.2) is 0 Å². The van der Waals surface area contributed by atoms with E-state index in [9.17, 15) is 4.79 Å². The van der Waals surface area contributed by atoms with Gasteiger partial charge < -0.3 is 10.3 Å². The van der Waals surface area contributed by atoms with Gasteiger partial charge >= 0.3 is 0 Å². The van der Waals surface area contributed by atoms with Crippen molar-refractivity contribution in [3.8, 4) is 0 Å². The molecule has 1 atom stereocenters.